The van der Waals surface area contributed by atoms with Gasteiger partial charge in [0.1, 0.15) is 17.1 Å². The van der Waals surface area contributed by atoms with E-state index in [1.54, 1.807) is 26.3 Å². The zero-order valence-corrected chi connectivity index (χ0v) is 16.4. The molecule has 2 aromatic rings. The number of alkyl halides is 3. The molecule has 0 radical (unpaired) electrons. The molecule has 0 saturated carbocycles. The summed E-state index contributed by atoms with van der Waals surface area (Å²) in [6, 6.07) is 4.66. The molecule has 1 heterocycles. The summed E-state index contributed by atoms with van der Waals surface area (Å²) in [5.41, 5.74) is -0.196. The number of amides is 1. The quantitative estimate of drug-likeness (QED) is 0.688. The Morgan fingerprint density at radius 1 is 1.28 bits per heavy atom. The van der Waals surface area contributed by atoms with Crippen LogP contribution in [0.1, 0.15) is 15.9 Å². The Kier molecular flexibility index (Phi) is 7.21. The second kappa shape index (κ2) is 9.41. The lowest BCUT2D eigenvalue weighted by Gasteiger charge is -2.18. The summed E-state index contributed by atoms with van der Waals surface area (Å²) in [5, 5.41) is 5.21. The summed E-state index contributed by atoms with van der Waals surface area (Å²) in [6.45, 7) is 0.821. The molecule has 0 fully saturated rings. The van der Waals surface area contributed by atoms with Crippen molar-refractivity contribution in [1.29, 1.82) is 0 Å². The van der Waals surface area contributed by atoms with Crippen molar-refractivity contribution in [1.82, 2.24) is 14.9 Å². The first-order valence-corrected chi connectivity index (χ1v) is 8.52. The fourth-order valence-corrected chi connectivity index (χ4v) is 2.44. The van der Waals surface area contributed by atoms with Crippen molar-refractivity contribution < 1.29 is 27.4 Å². The van der Waals surface area contributed by atoms with E-state index in [4.69, 9.17) is 9.47 Å². The van der Waals surface area contributed by atoms with Gasteiger partial charge >= 0.3 is 6.18 Å². The van der Waals surface area contributed by atoms with E-state index in [-0.39, 0.29) is 17.7 Å². The van der Waals surface area contributed by atoms with Crippen molar-refractivity contribution in [2.24, 2.45) is 0 Å². The van der Waals surface area contributed by atoms with Crippen molar-refractivity contribution in [3.8, 4) is 5.75 Å². The van der Waals surface area contributed by atoms with Crippen molar-refractivity contribution in [2.75, 3.05) is 52.1 Å². The predicted molar refractivity (Wildman–Crippen MR) is 102 cm³/mol. The number of hydrogen-bond acceptors (Lipinski definition) is 7. The molecule has 0 aliphatic heterocycles. The molecule has 11 heteroatoms. The van der Waals surface area contributed by atoms with Gasteiger partial charge in [-0.15, -0.1) is 0 Å². The third-order valence-electron chi connectivity index (χ3n) is 4.00. The standard InChI is InChI=1S/C18H22F3N5O3/c1-22-15-12(18(19,20)21)10-23-17(25-15)24-13-6-5-11(9-14(13)29-4)16(27)26(2)7-8-28-3/h5-6,9-10H,7-8H2,1-4H3,(H2,22,23,24,25). The van der Waals surface area contributed by atoms with Crippen LogP contribution in [-0.4, -0.2) is 62.2 Å². The number of aromatic nitrogens is 2. The number of methoxy groups -OCH3 is 2. The van der Waals surface area contributed by atoms with Crippen LogP contribution in [0.3, 0.4) is 0 Å². The Balaban J connectivity index is 2.27. The number of benzene rings is 1. The smallest absolute Gasteiger partial charge is 0.421 e. The summed E-state index contributed by atoms with van der Waals surface area (Å²) in [4.78, 5) is 21.5. The van der Waals surface area contributed by atoms with Gasteiger partial charge in [-0.2, -0.15) is 18.2 Å². The molecule has 2 rings (SSSR count). The molecule has 0 aliphatic carbocycles. The molecule has 1 aromatic heterocycles. The Hall–Kier alpha value is -3.08. The second-order valence-corrected chi connectivity index (χ2v) is 5.96. The van der Waals surface area contributed by atoms with Gasteiger partial charge < -0.3 is 25.0 Å². The van der Waals surface area contributed by atoms with Gasteiger partial charge in [-0.25, -0.2) is 4.98 Å². The number of rotatable bonds is 8. The van der Waals surface area contributed by atoms with Gasteiger partial charge in [-0.3, -0.25) is 4.79 Å². The summed E-state index contributed by atoms with van der Waals surface area (Å²) < 4.78 is 49.2. The number of nitrogens with one attached hydrogen (secondary N) is 2. The molecular formula is C18H22F3N5O3. The summed E-state index contributed by atoms with van der Waals surface area (Å²) in [6.07, 6.45) is -3.89. The maximum atomic E-state index is 13.0. The Morgan fingerprint density at radius 2 is 2.00 bits per heavy atom. The van der Waals surface area contributed by atoms with E-state index in [0.717, 1.165) is 0 Å². The van der Waals surface area contributed by atoms with Gasteiger partial charge in [0.15, 0.2) is 0 Å². The number of likely N-dealkylation sites (N-methyl/N-ethyl adjacent to an activating group) is 1. The fourth-order valence-electron chi connectivity index (χ4n) is 2.44. The maximum Gasteiger partial charge on any atom is 0.421 e. The summed E-state index contributed by atoms with van der Waals surface area (Å²) >= 11 is 0. The predicted octanol–water partition coefficient (Wildman–Crippen LogP) is 3.01. The van der Waals surface area contributed by atoms with Crippen LogP contribution >= 0.6 is 0 Å². The molecule has 0 spiro atoms. The van der Waals surface area contributed by atoms with Crippen molar-refractivity contribution in [2.45, 2.75) is 6.18 Å². The molecule has 158 valence electrons. The SMILES string of the molecule is CNc1nc(Nc2ccc(C(=O)N(C)CCOC)cc2OC)ncc1C(F)(F)F. The molecule has 0 bridgehead atoms. The van der Waals surface area contributed by atoms with Crippen LogP contribution in [0.15, 0.2) is 24.4 Å². The van der Waals surface area contributed by atoms with Crippen LogP contribution < -0.4 is 15.4 Å². The molecule has 2 N–H and O–H groups in total. The van der Waals surface area contributed by atoms with Crippen molar-refractivity contribution in [3.63, 3.8) is 0 Å². The molecule has 1 aromatic carbocycles. The monoisotopic (exact) mass is 413 g/mol. The van der Waals surface area contributed by atoms with E-state index >= 15 is 0 Å². The largest absolute Gasteiger partial charge is 0.495 e. The summed E-state index contributed by atoms with van der Waals surface area (Å²) in [7, 11) is 5.94. The van der Waals surface area contributed by atoms with E-state index < -0.39 is 11.7 Å². The van der Waals surface area contributed by atoms with Gasteiger partial charge in [0.2, 0.25) is 5.95 Å². The van der Waals surface area contributed by atoms with Crippen molar-refractivity contribution >= 4 is 23.4 Å². The van der Waals surface area contributed by atoms with E-state index in [1.165, 1.54) is 25.1 Å². The fraction of sp³-hybridized carbons (Fsp3) is 0.389. The maximum absolute atomic E-state index is 13.0. The molecule has 0 saturated heterocycles. The molecule has 29 heavy (non-hydrogen) atoms. The topological polar surface area (TPSA) is 88.6 Å². The van der Waals surface area contributed by atoms with Gasteiger partial charge in [0, 0.05) is 39.5 Å². The first-order valence-electron chi connectivity index (χ1n) is 8.52. The lowest BCUT2D eigenvalue weighted by Crippen LogP contribution is -2.29. The Bertz CT molecular complexity index is 861. The van der Waals surface area contributed by atoms with Crippen LogP contribution in [0.5, 0.6) is 5.75 Å². The average Bonchev–Trinajstić information content (AvgIpc) is 2.70. The number of ether oxygens (including phenoxy) is 2. The first kappa shape index (κ1) is 22.2. The molecule has 8 nitrogen and oxygen atoms in total. The number of carbonyl (C=O) groups excluding carboxylic acids is 1. The zero-order chi connectivity index (χ0) is 21.6. The number of halogens is 3. The Morgan fingerprint density at radius 3 is 2.59 bits per heavy atom. The van der Waals surface area contributed by atoms with Crippen LogP contribution in [-0.2, 0) is 10.9 Å². The van der Waals surface area contributed by atoms with Gasteiger partial charge in [0.05, 0.1) is 19.4 Å². The Labute approximate surface area is 166 Å². The van der Waals surface area contributed by atoms with Crippen LogP contribution in [0.2, 0.25) is 0 Å². The minimum absolute atomic E-state index is 0.0584. The number of hydrogen-bond donors (Lipinski definition) is 2. The van der Waals surface area contributed by atoms with Gasteiger partial charge in [-0.05, 0) is 18.2 Å². The molecular weight excluding hydrogens is 391 g/mol. The number of anilines is 3. The summed E-state index contributed by atoms with van der Waals surface area (Å²) in [5.74, 6) is -0.335. The average molecular weight is 413 g/mol. The third-order valence-corrected chi connectivity index (χ3v) is 4.00. The highest BCUT2D eigenvalue weighted by molar-refractivity contribution is 5.95. The number of nitrogens with zero attached hydrogens (tertiary/aromatic N) is 3. The normalized spacial score (nSPS) is 11.1. The first-order chi connectivity index (χ1) is 13.7. The van der Waals surface area contributed by atoms with E-state index in [2.05, 4.69) is 20.6 Å². The lowest BCUT2D eigenvalue weighted by molar-refractivity contribution is -0.137. The highest BCUT2D eigenvalue weighted by Crippen LogP contribution is 2.34. The van der Waals surface area contributed by atoms with Gasteiger partial charge in [-0.1, -0.05) is 0 Å². The van der Waals surface area contributed by atoms with Crippen LogP contribution in [0.4, 0.5) is 30.6 Å². The second-order valence-electron chi connectivity index (χ2n) is 5.96. The van der Waals surface area contributed by atoms with E-state index in [1.807, 2.05) is 0 Å². The zero-order valence-electron chi connectivity index (χ0n) is 16.4. The highest BCUT2D eigenvalue weighted by atomic mass is 19.4. The molecule has 0 aliphatic rings. The molecule has 1 amide bonds. The molecule has 0 unspecified atom stereocenters. The van der Waals surface area contributed by atoms with Crippen molar-refractivity contribution in [3.05, 3.63) is 35.5 Å². The third kappa shape index (κ3) is 5.47. The minimum Gasteiger partial charge on any atom is -0.495 e. The van der Waals surface area contributed by atoms with Crippen LogP contribution in [0.25, 0.3) is 0 Å². The van der Waals surface area contributed by atoms with Gasteiger partial charge in [0.25, 0.3) is 5.91 Å². The van der Waals surface area contributed by atoms with Crippen LogP contribution in [0, 0.1) is 0 Å². The minimum atomic E-state index is -4.58. The van der Waals surface area contributed by atoms with E-state index in [9.17, 15) is 18.0 Å². The number of carbonyl (C=O) groups is 1. The lowest BCUT2D eigenvalue weighted by atomic mass is 10.1. The highest BCUT2D eigenvalue weighted by Gasteiger charge is 2.35. The molecule has 0 atom stereocenters. The van der Waals surface area contributed by atoms with E-state index in [0.29, 0.717) is 36.3 Å².